The zero-order valence-electron chi connectivity index (χ0n) is 10.9. The molecule has 0 saturated carbocycles. The largest absolute Gasteiger partial charge is 0.468 e. The van der Waals surface area contributed by atoms with Crippen LogP contribution < -0.4 is 5.32 Å². The van der Waals surface area contributed by atoms with Crippen molar-refractivity contribution in [2.75, 3.05) is 14.1 Å². The van der Waals surface area contributed by atoms with Gasteiger partial charge in [-0.1, -0.05) is 6.07 Å². The number of nitrogens with one attached hydrogen (secondary N) is 1. The second-order valence-electron chi connectivity index (χ2n) is 4.39. The van der Waals surface area contributed by atoms with E-state index < -0.39 is 0 Å². The monoisotopic (exact) mass is 245 g/mol. The van der Waals surface area contributed by atoms with Crippen LogP contribution in [0.3, 0.4) is 0 Å². The highest BCUT2D eigenvalue weighted by atomic mass is 16.3. The van der Waals surface area contributed by atoms with Crippen LogP contribution in [0.1, 0.15) is 17.0 Å². The molecule has 0 aliphatic rings. The van der Waals surface area contributed by atoms with Crippen molar-refractivity contribution in [3.8, 4) is 0 Å². The van der Waals surface area contributed by atoms with Crippen LogP contribution in [0.5, 0.6) is 0 Å². The summed E-state index contributed by atoms with van der Waals surface area (Å²) in [5, 5.41) is 3.11. The molecule has 0 radical (unpaired) electrons. The summed E-state index contributed by atoms with van der Waals surface area (Å²) in [6, 6.07) is 8.02. The lowest BCUT2D eigenvalue weighted by molar-refractivity contribution is 0.311. The van der Waals surface area contributed by atoms with Gasteiger partial charge in [-0.15, -0.1) is 0 Å². The van der Waals surface area contributed by atoms with Gasteiger partial charge in [0, 0.05) is 24.8 Å². The molecule has 2 aromatic heterocycles. The van der Waals surface area contributed by atoms with E-state index in [4.69, 9.17) is 4.42 Å². The van der Waals surface area contributed by atoms with Crippen molar-refractivity contribution in [3.63, 3.8) is 0 Å². The third kappa shape index (κ3) is 3.42. The Labute approximate surface area is 108 Å². The van der Waals surface area contributed by atoms with E-state index in [1.165, 1.54) is 5.56 Å². The van der Waals surface area contributed by atoms with Gasteiger partial charge in [-0.25, -0.2) is 0 Å². The lowest BCUT2D eigenvalue weighted by Crippen LogP contribution is -2.19. The van der Waals surface area contributed by atoms with Crippen LogP contribution in [-0.2, 0) is 19.6 Å². The Morgan fingerprint density at radius 1 is 1.28 bits per heavy atom. The summed E-state index contributed by atoms with van der Waals surface area (Å²) < 4.78 is 5.45. The first-order chi connectivity index (χ1) is 8.79. The van der Waals surface area contributed by atoms with Crippen molar-refractivity contribution in [1.29, 1.82) is 0 Å². The highest BCUT2D eigenvalue weighted by molar-refractivity contribution is 5.17. The number of furan rings is 1. The van der Waals surface area contributed by atoms with Crippen LogP contribution in [0.2, 0.25) is 0 Å². The minimum absolute atomic E-state index is 0.764. The van der Waals surface area contributed by atoms with Crippen LogP contribution in [0.25, 0.3) is 0 Å². The fourth-order valence-corrected chi connectivity index (χ4v) is 1.94. The summed E-state index contributed by atoms with van der Waals surface area (Å²) in [6.07, 6.45) is 3.57. The van der Waals surface area contributed by atoms with E-state index in [0.717, 1.165) is 31.1 Å². The molecule has 0 bridgehead atoms. The maximum Gasteiger partial charge on any atom is 0.122 e. The Morgan fingerprint density at radius 2 is 2.17 bits per heavy atom. The van der Waals surface area contributed by atoms with Gasteiger partial charge < -0.3 is 9.73 Å². The van der Waals surface area contributed by atoms with E-state index in [1.54, 1.807) is 6.26 Å². The Hall–Kier alpha value is -1.65. The number of pyridine rings is 1. The molecule has 2 aromatic rings. The Balaban J connectivity index is 1.94. The molecule has 1 N–H and O–H groups in total. The molecule has 0 aliphatic carbocycles. The average Bonchev–Trinajstić information content (AvgIpc) is 2.78. The summed E-state index contributed by atoms with van der Waals surface area (Å²) in [6.45, 7) is 2.47. The quantitative estimate of drug-likeness (QED) is 0.845. The summed E-state index contributed by atoms with van der Waals surface area (Å²) in [4.78, 5) is 6.56. The van der Waals surface area contributed by atoms with Crippen molar-refractivity contribution in [2.24, 2.45) is 0 Å². The number of aromatic nitrogens is 1. The zero-order valence-corrected chi connectivity index (χ0v) is 10.9. The van der Waals surface area contributed by atoms with Gasteiger partial charge in [-0.05, 0) is 32.3 Å². The van der Waals surface area contributed by atoms with E-state index in [0.29, 0.717) is 0 Å². The zero-order chi connectivity index (χ0) is 12.8. The van der Waals surface area contributed by atoms with Crippen molar-refractivity contribution < 1.29 is 4.42 Å². The van der Waals surface area contributed by atoms with E-state index in [1.807, 2.05) is 37.5 Å². The molecule has 0 aromatic carbocycles. The number of rotatable bonds is 6. The van der Waals surface area contributed by atoms with Gasteiger partial charge in [-0.2, -0.15) is 0 Å². The van der Waals surface area contributed by atoms with Crippen LogP contribution in [0.15, 0.2) is 41.1 Å². The minimum Gasteiger partial charge on any atom is -0.468 e. The molecule has 0 fully saturated rings. The van der Waals surface area contributed by atoms with E-state index in [2.05, 4.69) is 22.2 Å². The van der Waals surface area contributed by atoms with Crippen LogP contribution >= 0.6 is 0 Å². The second-order valence-corrected chi connectivity index (χ2v) is 4.39. The lowest BCUT2D eigenvalue weighted by Gasteiger charge is -2.15. The maximum atomic E-state index is 5.45. The SMILES string of the molecule is CNCc1occc1CN(C)Cc1ccccn1. The summed E-state index contributed by atoms with van der Waals surface area (Å²) in [5.41, 5.74) is 2.31. The van der Waals surface area contributed by atoms with Crippen LogP contribution in [0.4, 0.5) is 0 Å². The molecule has 4 nitrogen and oxygen atoms in total. The predicted molar refractivity (Wildman–Crippen MR) is 70.9 cm³/mol. The summed E-state index contributed by atoms with van der Waals surface area (Å²) in [5.74, 6) is 1.00. The molecule has 2 heterocycles. The first-order valence-electron chi connectivity index (χ1n) is 6.08. The third-order valence-corrected chi connectivity index (χ3v) is 2.77. The van der Waals surface area contributed by atoms with Crippen LogP contribution in [0, 0.1) is 0 Å². The van der Waals surface area contributed by atoms with Gasteiger partial charge in [-0.3, -0.25) is 9.88 Å². The Kier molecular flexibility index (Phi) is 4.50. The molecule has 4 heteroatoms. The van der Waals surface area contributed by atoms with Gasteiger partial charge in [0.25, 0.3) is 0 Å². The van der Waals surface area contributed by atoms with Crippen molar-refractivity contribution in [2.45, 2.75) is 19.6 Å². The molecular weight excluding hydrogens is 226 g/mol. The normalized spacial score (nSPS) is 11.1. The molecule has 0 unspecified atom stereocenters. The molecule has 0 aliphatic heterocycles. The number of nitrogens with zero attached hydrogens (tertiary/aromatic N) is 2. The number of hydrogen-bond acceptors (Lipinski definition) is 4. The standard InChI is InChI=1S/C14H19N3O/c1-15-9-14-12(6-8-18-14)10-17(2)11-13-5-3-4-7-16-13/h3-8,15H,9-11H2,1-2H3. The summed E-state index contributed by atoms with van der Waals surface area (Å²) in [7, 11) is 4.01. The van der Waals surface area contributed by atoms with Gasteiger partial charge in [0.05, 0.1) is 18.5 Å². The average molecular weight is 245 g/mol. The van der Waals surface area contributed by atoms with Crippen LogP contribution in [-0.4, -0.2) is 24.0 Å². The molecule has 0 amide bonds. The maximum absolute atomic E-state index is 5.45. The topological polar surface area (TPSA) is 41.3 Å². The van der Waals surface area contributed by atoms with E-state index in [-0.39, 0.29) is 0 Å². The lowest BCUT2D eigenvalue weighted by atomic mass is 10.2. The van der Waals surface area contributed by atoms with E-state index in [9.17, 15) is 0 Å². The van der Waals surface area contributed by atoms with Gasteiger partial charge in [0.2, 0.25) is 0 Å². The Morgan fingerprint density at radius 3 is 2.89 bits per heavy atom. The molecule has 0 spiro atoms. The molecule has 18 heavy (non-hydrogen) atoms. The number of hydrogen-bond donors (Lipinski definition) is 1. The van der Waals surface area contributed by atoms with Gasteiger partial charge in [0.15, 0.2) is 0 Å². The first-order valence-corrected chi connectivity index (χ1v) is 6.08. The fourth-order valence-electron chi connectivity index (χ4n) is 1.94. The molecule has 96 valence electrons. The third-order valence-electron chi connectivity index (χ3n) is 2.77. The molecule has 2 rings (SSSR count). The second kappa shape index (κ2) is 6.33. The minimum atomic E-state index is 0.764. The Bertz CT molecular complexity index is 467. The predicted octanol–water partition coefficient (Wildman–Crippen LogP) is 2.03. The smallest absolute Gasteiger partial charge is 0.122 e. The van der Waals surface area contributed by atoms with Crippen molar-refractivity contribution in [3.05, 3.63) is 53.7 Å². The highest BCUT2D eigenvalue weighted by Gasteiger charge is 2.08. The van der Waals surface area contributed by atoms with E-state index >= 15 is 0 Å². The molecular formula is C14H19N3O. The summed E-state index contributed by atoms with van der Waals surface area (Å²) >= 11 is 0. The molecule has 0 saturated heterocycles. The first kappa shape index (κ1) is 12.8. The van der Waals surface area contributed by atoms with Crippen molar-refractivity contribution in [1.82, 2.24) is 15.2 Å². The fraction of sp³-hybridized carbons (Fsp3) is 0.357. The van der Waals surface area contributed by atoms with Gasteiger partial charge >= 0.3 is 0 Å². The van der Waals surface area contributed by atoms with Gasteiger partial charge in [0.1, 0.15) is 5.76 Å². The highest BCUT2D eigenvalue weighted by Crippen LogP contribution is 2.13. The molecule has 0 atom stereocenters. The van der Waals surface area contributed by atoms with Crippen molar-refractivity contribution >= 4 is 0 Å².